The number of allylic oxidation sites excluding steroid dienone is 7. The van der Waals surface area contributed by atoms with Gasteiger partial charge >= 0.3 is 24.1 Å². The summed E-state index contributed by atoms with van der Waals surface area (Å²) in [4.78, 5) is 61.0. The van der Waals surface area contributed by atoms with Crippen molar-refractivity contribution in [2.24, 2.45) is 0 Å². The maximum Gasteiger partial charge on any atom is 0.407 e. The van der Waals surface area contributed by atoms with E-state index in [0.717, 1.165) is 23.6 Å². The van der Waals surface area contributed by atoms with Crippen molar-refractivity contribution >= 4 is 46.9 Å². The van der Waals surface area contributed by atoms with Gasteiger partial charge in [-0.3, -0.25) is 4.79 Å². The van der Waals surface area contributed by atoms with Gasteiger partial charge in [0, 0.05) is 36.5 Å². The number of ketones is 1. The standard InChI is InChI=1S/C36H42N4O10/c1-5-29(41)47-21-17-37-35(45)49-23-19-39(7-3)27-13-9-25(10-14-27)31-33(43)32(34(31)44)26-11-15-28(16-12-26)40(8-4)20-24-50-36(46)38-18-22-48-30(42)6-2/h5-6,9-16H,1-2,7-8,17-24H2,3-4H3,(H2-,37,38,43,44,45,46)/p+1. The second kappa shape index (κ2) is 19.8. The summed E-state index contributed by atoms with van der Waals surface area (Å²) in [6, 6.07) is 7.19. The molecule has 14 nitrogen and oxygen atoms in total. The molecule has 0 aromatic heterocycles. The van der Waals surface area contributed by atoms with Gasteiger partial charge in [0.2, 0.25) is 5.78 Å². The van der Waals surface area contributed by atoms with Crippen molar-refractivity contribution in [1.82, 2.24) is 10.6 Å². The molecule has 0 bridgehead atoms. The Morgan fingerprint density at radius 2 is 1.36 bits per heavy atom. The van der Waals surface area contributed by atoms with Crippen molar-refractivity contribution < 1.29 is 52.6 Å². The van der Waals surface area contributed by atoms with E-state index in [1.54, 1.807) is 24.3 Å². The number of anilines is 1. The molecule has 3 rings (SSSR count). The number of likely N-dealkylation sites (N-methyl/N-ethyl adjacent to an activating group) is 2. The van der Waals surface area contributed by atoms with Gasteiger partial charge in [-0.2, -0.15) is 0 Å². The van der Waals surface area contributed by atoms with E-state index < -0.39 is 24.1 Å². The predicted molar refractivity (Wildman–Crippen MR) is 186 cm³/mol. The highest BCUT2D eigenvalue weighted by Crippen LogP contribution is 2.39. The number of ether oxygens (including phenoxy) is 4. The second-order valence-corrected chi connectivity index (χ2v) is 10.5. The zero-order valence-corrected chi connectivity index (χ0v) is 28.3. The van der Waals surface area contributed by atoms with Crippen molar-refractivity contribution in [3.8, 4) is 0 Å². The summed E-state index contributed by atoms with van der Waals surface area (Å²) in [5.41, 5.74) is 3.34. The molecule has 266 valence electrons. The third kappa shape index (κ3) is 11.1. The highest BCUT2D eigenvalue weighted by atomic mass is 16.6. The lowest BCUT2D eigenvalue weighted by Gasteiger charge is -2.25. The van der Waals surface area contributed by atoms with Crippen LogP contribution in [0.4, 0.5) is 15.3 Å². The number of amides is 2. The van der Waals surface area contributed by atoms with Gasteiger partial charge in [0.05, 0.1) is 30.8 Å². The van der Waals surface area contributed by atoms with Crippen LogP contribution in [0, 0.1) is 0 Å². The molecular weight excluding hydrogens is 648 g/mol. The van der Waals surface area contributed by atoms with E-state index >= 15 is 0 Å². The molecule has 3 N–H and O–H groups in total. The Morgan fingerprint density at radius 1 is 0.800 bits per heavy atom. The smallest absolute Gasteiger partial charge is 0.407 e. The molecule has 0 radical (unpaired) electrons. The number of carbonyl (C=O) groups is 5. The van der Waals surface area contributed by atoms with Gasteiger partial charge in [-0.1, -0.05) is 25.3 Å². The Morgan fingerprint density at radius 3 is 1.86 bits per heavy atom. The minimum absolute atomic E-state index is 0.00740. The van der Waals surface area contributed by atoms with Crippen molar-refractivity contribution in [1.29, 1.82) is 0 Å². The fourth-order valence-corrected chi connectivity index (χ4v) is 4.88. The molecule has 0 saturated carbocycles. The van der Waals surface area contributed by atoms with Crippen molar-refractivity contribution in [3.63, 3.8) is 0 Å². The zero-order valence-electron chi connectivity index (χ0n) is 28.3. The molecule has 0 aliphatic heterocycles. The van der Waals surface area contributed by atoms with Crippen molar-refractivity contribution in [2.75, 3.05) is 70.6 Å². The molecular formula is C36H43N4O10+. The quantitative estimate of drug-likeness (QED) is 0.0679. The van der Waals surface area contributed by atoms with Gasteiger partial charge in [0.15, 0.2) is 18.9 Å². The van der Waals surface area contributed by atoms with E-state index in [-0.39, 0.29) is 62.2 Å². The van der Waals surface area contributed by atoms with Crippen LogP contribution in [-0.4, -0.2) is 111 Å². The fraction of sp³-hybridized carbons (Fsp3) is 0.333. The van der Waals surface area contributed by atoms with Crippen LogP contribution < -0.4 is 15.5 Å². The number of hydrogen-bond donors (Lipinski definition) is 3. The van der Waals surface area contributed by atoms with Crippen LogP contribution in [0.5, 0.6) is 0 Å². The number of aliphatic hydroxyl groups is 1. The Balaban J connectivity index is 1.52. The lowest BCUT2D eigenvalue weighted by molar-refractivity contribution is -0.524. The van der Waals surface area contributed by atoms with Gasteiger partial charge in [-0.15, -0.1) is 0 Å². The van der Waals surface area contributed by atoms with Gasteiger partial charge in [-0.05, 0) is 49.3 Å². The Labute approximate surface area is 290 Å². The van der Waals surface area contributed by atoms with Crippen molar-refractivity contribution in [2.45, 2.75) is 13.8 Å². The number of Topliss-reactive ketones (excluding diaryl/α,β-unsaturated/α-hetero) is 1. The molecule has 0 unspecified atom stereocenters. The molecule has 2 amide bonds. The molecule has 2 aliphatic rings. The number of hydrogen-bond acceptors (Lipinski definition) is 11. The summed E-state index contributed by atoms with van der Waals surface area (Å²) >= 11 is 0. The largest absolute Gasteiger partial charge is 0.506 e. The maximum absolute atomic E-state index is 13.2. The predicted octanol–water partition coefficient (Wildman–Crippen LogP) is 3.17. The first-order chi connectivity index (χ1) is 24.1. The monoisotopic (exact) mass is 691 g/mol. The normalized spacial score (nSPS) is 13.2. The molecule has 1 aromatic rings. The van der Waals surface area contributed by atoms with Crippen LogP contribution >= 0.6 is 0 Å². The highest BCUT2D eigenvalue weighted by Gasteiger charge is 2.36. The number of nitrogens with zero attached hydrogens (tertiary/aromatic N) is 2. The average molecular weight is 692 g/mol. The van der Waals surface area contributed by atoms with Gasteiger partial charge in [0.1, 0.15) is 32.1 Å². The van der Waals surface area contributed by atoms with Crippen LogP contribution in [0.3, 0.4) is 0 Å². The molecule has 0 heterocycles. The summed E-state index contributed by atoms with van der Waals surface area (Å²) in [5.74, 6) is -1.49. The molecule has 0 fully saturated rings. The number of rotatable bonds is 18. The van der Waals surface area contributed by atoms with Crippen LogP contribution in [0.2, 0.25) is 0 Å². The molecule has 0 atom stereocenters. The first-order valence-corrected chi connectivity index (χ1v) is 16.1. The minimum Gasteiger partial charge on any atom is -0.506 e. The third-order valence-corrected chi connectivity index (χ3v) is 7.49. The maximum atomic E-state index is 13.2. The SMILES string of the molecule is C=CC(=O)OCCNC(=O)OCCN(CC)c1ccc(C2=C(O)C(=C3C=CC(=[N+](CC)CCOC(=O)NCCOC(=O)C=C)C=C3)C2=O)cc1. The summed E-state index contributed by atoms with van der Waals surface area (Å²) in [5, 5.41) is 15.9. The number of carbonyl (C=O) groups excluding carboxylic acids is 5. The van der Waals surface area contributed by atoms with E-state index in [1.165, 1.54) is 0 Å². The zero-order chi connectivity index (χ0) is 36.5. The van der Waals surface area contributed by atoms with Crippen LogP contribution in [0.25, 0.3) is 5.57 Å². The number of nitrogens with one attached hydrogen (secondary N) is 2. The fourth-order valence-electron chi connectivity index (χ4n) is 4.88. The summed E-state index contributed by atoms with van der Waals surface area (Å²) in [6.07, 6.45) is 8.01. The topological polar surface area (TPSA) is 173 Å². The Bertz CT molecular complexity index is 1600. The molecule has 2 aliphatic carbocycles. The lowest BCUT2D eigenvalue weighted by Crippen LogP contribution is -2.32. The van der Waals surface area contributed by atoms with E-state index in [0.29, 0.717) is 37.3 Å². The summed E-state index contributed by atoms with van der Waals surface area (Å²) < 4.78 is 22.0. The first-order valence-electron chi connectivity index (χ1n) is 16.1. The summed E-state index contributed by atoms with van der Waals surface area (Å²) in [7, 11) is 0. The first kappa shape index (κ1) is 38.5. The number of esters is 2. The molecule has 0 saturated heterocycles. The lowest BCUT2D eigenvalue weighted by atomic mass is 9.80. The van der Waals surface area contributed by atoms with Crippen LogP contribution in [-0.2, 0) is 33.3 Å². The molecule has 14 heteroatoms. The van der Waals surface area contributed by atoms with Crippen LogP contribution in [0.15, 0.2) is 90.8 Å². The summed E-state index contributed by atoms with van der Waals surface area (Å²) in [6.45, 7) is 13.1. The second-order valence-electron chi connectivity index (χ2n) is 10.5. The number of aliphatic hydroxyl groups excluding tert-OH is 1. The van der Waals surface area contributed by atoms with E-state index in [9.17, 15) is 29.1 Å². The average Bonchev–Trinajstić information content (AvgIpc) is 3.13. The minimum atomic E-state index is -0.628. The third-order valence-electron chi connectivity index (χ3n) is 7.49. The van der Waals surface area contributed by atoms with Gasteiger partial charge in [0.25, 0.3) is 0 Å². The Kier molecular flexibility index (Phi) is 15.3. The van der Waals surface area contributed by atoms with Gasteiger partial charge < -0.3 is 39.6 Å². The van der Waals surface area contributed by atoms with Crippen LogP contribution in [0.1, 0.15) is 19.4 Å². The number of benzene rings is 1. The Hall–Kier alpha value is -5.92. The molecule has 1 aromatic carbocycles. The van der Waals surface area contributed by atoms with Gasteiger partial charge in [-0.25, -0.2) is 23.8 Å². The van der Waals surface area contributed by atoms with E-state index in [1.807, 2.05) is 47.6 Å². The molecule has 0 spiro atoms. The van der Waals surface area contributed by atoms with E-state index in [2.05, 4.69) is 23.8 Å². The van der Waals surface area contributed by atoms with Crippen molar-refractivity contribution in [3.05, 3.63) is 96.3 Å². The van der Waals surface area contributed by atoms with E-state index in [4.69, 9.17) is 18.9 Å². The molecule has 50 heavy (non-hydrogen) atoms. The number of alkyl carbamates (subject to hydrolysis) is 2. The highest BCUT2D eigenvalue weighted by molar-refractivity contribution is 6.39.